The summed E-state index contributed by atoms with van der Waals surface area (Å²) in [6.07, 6.45) is 5.14. The molecule has 2 aliphatic heterocycles. The van der Waals surface area contributed by atoms with Crippen LogP contribution in [0.2, 0.25) is 0 Å². The first-order valence-corrected chi connectivity index (χ1v) is 11.5. The molecule has 0 aliphatic carbocycles. The summed E-state index contributed by atoms with van der Waals surface area (Å²) in [5, 5.41) is 2.65. The molecule has 0 atom stereocenters. The Balaban J connectivity index is 1.66. The third kappa shape index (κ3) is 4.85. The van der Waals surface area contributed by atoms with Crippen LogP contribution in [-0.4, -0.2) is 43.7 Å². The standard InChI is InChI=1S/C25H27N3O4S/c1-3-32-20-9-7-8-19(15-20)28-24(30)21(23(29)26-25(28)33)14-17-10-11-18(16-22(17)31-2)27-12-5-4-6-13-27/h7-11,14-16H,3-6,12-13H2,1-2H3,(H,26,29,33)/b21-14+. The number of piperidine rings is 1. The molecule has 2 saturated heterocycles. The average Bonchev–Trinajstić information content (AvgIpc) is 2.82. The van der Waals surface area contributed by atoms with Crippen LogP contribution in [0.25, 0.3) is 6.08 Å². The lowest BCUT2D eigenvalue weighted by atomic mass is 10.0. The lowest BCUT2D eigenvalue weighted by Gasteiger charge is -2.30. The van der Waals surface area contributed by atoms with Crippen LogP contribution in [-0.2, 0) is 9.59 Å². The van der Waals surface area contributed by atoms with E-state index in [1.54, 1.807) is 37.5 Å². The van der Waals surface area contributed by atoms with E-state index in [0.717, 1.165) is 18.8 Å². The van der Waals surface area contributed by atoms with Crippen LogP contribution in [0.4, 0.5) is 11.4 Å². The molecule has 1 N–H and O–H groups in total. The Morgan fingerprint density at radius 3 is 2.58 bits per heavy atom. The first kappa shape index (κ1) is 22.8. The zero-order valence-electron chi connectivity index (χ0n) is 18.8. The minimum atomic E-state index is -0.538. The number of rotatable bonds is 6. The van der Waals surface area contributed by atoms with Gasteiger partial charge in [0, 0.05) is 36.5 Å². The van der Waals surface area contributed by atoms with E-state index in [1.165, 1.54) is 24.2 Å². The molecule has 2 fully saturated rings. The summed E-state index contributed by atoms with van der Waals surface area (Å²) in [6.45, 7) is 4.40. The quantitative estimate of drug-likeness (QED) is 0.396. The van der Waals surface area contributed by atoms with E-state index in [0.29, 0.717) is 29.4 Å². The summed E-state index contributed by atoms with van der Waals surface area (Å²) >= 11 is 5.30. The van der Waals surface area contributed by atoms with Gasteiger partial charge in [-0.2, -0.15) is 0 Å². The second-order valence-corrected chi connectivity index (χ2v) is 8.25. The molecule has 7 nitrogen and oxygen atoms in total. The lowest BCUT2D eigenvalue weighted by molar-refractivity contribution is -0.122. The molecule has 172 valence electrons. The van der Waals surface area contributed by atoms with Crippen molar-refractivity contribution in [2.45, 2.75) is 26.2 Å². The molecular weight excluding hydrogens is 438 g/mol. The molecule has 2 amide bonds. The second-order valence-electron chi connectivity index (χ2n) is 7.86. The van der Waals surface area contributed by atoms with Gasteiger partial charge in [0.25, 0.3) is 11.8 Å². The highest BCUT2D eigenvalue weighted by molar-refractivity contribution is 7.80. The Labute approximate surface area is 199 Å². The van der Waals surface area contributed by atoms with Gasteiger partial charge in [-0.05, 0) is 68.7 Å². The lowest BCUT2D eigenvalue weighted by Crippen LogP contribution is -2.54. The highest BCUT2D eigenvalue weighted by Gasteiger charge is 2.35. The number of methoxy groups -OCH3 is 1. The number of thiocarbonyl (C=S) groups is 1. The van der Waals surface area contributed by atoms with Gasteiger partial charge in [-0.15, -0.1) is 0 Å². The smallest absolute Gasteiger partial charge is 0.270 e. The fourth-order valence-electron chi connectivity index (χ4n) is 4.09. The van der Waals surface area contributed by atoms with Crippen molar-refractivity contribution >= 4 is 46.6 Å². The van der Waals surface area contributed by atoms with Gasteiger partial charge >= 0.3 is 0 Å². The first-order valence-electron chi connectivity index (χ1n) is 11.1. The number of hydrogen-bond donors (Lipinski definition) is 1. The normalized spacial score (nSPS) is 17.9. The molecule has 33 heavy (non-hydrogen) atoms. The van der Waals surface area contributed by atoms with E-state index in [9.17, 15) is 9.59 Å². The van der Waals surface area contributed by atoms with Crippen LogP contribution < -0.4 is 24.6 Å². The molecule has 0 spiro atoms. The Hall–Kier alpha value is -3.39. The van der Waals surface area contributed by atoms with Gasteiger partial charge in [0.2, 0.25) is 0 Å². The van der Waals surface area contributed by atoms with Crippen LogP contribution in [0.3, 0.4) is 0 Å². The number of carbonyl (C=O) groups is 2. The monoisotopic (exact) mass is 465 g/mol. The Morgan fingerprint density at radius 1 is 1.06 bits per heavy atom. The average molecular weight is 466 g/mol. The number of hydrogen-bond acceptors (Lipinski definition) is 6. The van der Waals surface area contributed by atoms with Gasteiger partial charge in [0.05, 0.1) is 19.4 Å². The Kier molecular flexibility index (Phi) is 6.93. The summed E-state index contributed by atoms with van der Waals surface area (Å²) < 4.78 is 11.1. The SMILES string of the molecule is CCOc1cccc(N2C(=O)/C(=C/c3ccc(N4CCCCC4)cc3OC)C(=O)NC2=S)c1. The van der Waals surface area contributed by atoms with Crippen LogP contribution in [0, 0.1) is 0 Å². The molecule has 2 aromatic rings. The predicted octanol–water partition coefficient (Wildman–Crippen LogP) is 3.92. The Morgan fingerprint density at radius 2 is 1.85 bits per heavy atom. The highest BCUT2D eigenvalue weighted by Crippen LogP contribution is 2.31. The van der Waals surface area contributed by atoms with Crippen LogP contribution in [0.15, 0.2) is 48.0 Å². The third-order valence-corrected chi connectivity index (χ3v) is 6.01. The molecule has 2 aliphatic rings. The highest BCUT2D eigenvalue weighted by atomic mass is 32.1. The van der Waals surface area contributed by atoms with Gasteiger partial charge < -0.3 is 14.4 Å². The molecule has 0 saturated carbocycles. The van der Waals surface area contributed by atoms with Crippen molar-refractivity contribution in [1.29, 1.82) is 0 Å². The van der Waals surface area contributed by atoms with Crippen molar-refractivity contribution in [1.82, 2.24) is 5.32 Å². The molecule has 4 rings (SSSR count). The van der Waals surface area contributed by atoms with Crippen LogP contribution in [0.1, 0.15) is 31.7 Å². The number of anilines is 2. The zero-order valence-corrected chi connectivity index (χ0v) is 19.6. The fraction of sp³-hybridized carbons (Fsp3) is 0.320. The van der Waals surface area contributed by atoms with Gasteiger partial charge in [-0.1, -0.05) is 6.07 Å². The van der Waals surface area contributed by atoms with Gasteiger partial charge in [0.15, 0.2) is 5.11 Å². The summed E-state index contributed by atoms with van der Waals surface area (Å²) in [5.74, 6) is 0.177. The number of nitrogens with one attached hydrogen (secondary N) is 1. The predicted molar refractivity (Wildman–Crippen MR) is 133 cm³/mol. The van der Waals surface area contributed by atoms with Crippen molar-refractivity contribution < 1.29 is 19.1 Å². The molecule has 2 aromatic carbocycles. The van der Waals surface area contributed by atoms with Crippen molar-refractivity contribution in [3.05, 3.63) is 53.6 Å². The van der Waals surface area contributed by atoms with E-state index in [4.69, 9.17) is 21.7 Å². The maximum Gasteiger partial charge on any atom is 0.270 e. The van der Waals surface area contributed by atoms with Gasteiger partial charge in [-0.25, -0.2) is 0 Å². The number of benzene rings is 2. The maximum absolute atomic E-state index is 13.4. The van der Waals surface area contributed by atoms with Crippen molar-refractivity contribution in [2.75, 3.05) is 36.6 Å². The first-order chi connectivity index (χ1) is 16.0. The number of carbonyl (C=O) groups excluding carboxylic acids is 2. The molecule has 2 heterocycles. The summed E-state index contributed by atoms with van der Waals surface area (Å²) in [6, 6.07) is 12.9. The molecule has 0 bridgehead atoms. The fourth-order valence-corrected chi connectivity index (χ4v) is 4.38. The third-order valence-electron chi connectivity index (χ3n) is 5.73. The summed E-state index contributed by atoms with van der Waals surface area (Å²) in [4.78, 5) is 29.7. The van der Waals surface area contributed by atoms with E-state index in [1.807, 2.05) is 25.1 Å². The summed E-state index contributed by atoms with van der Waals surface area (Å²) in [5.41, 5.74) is 2.22. The zero-order chi connectivity index (χ0) is 23.4. The summed E-state index contributed by atoms with van der Waals surface area (Å²) in [7, 11) is 1.58. The molecule has 0 radical (unpaired) electrons. The minimum absolute atomic E-state index is 0.0190. The molecule has 0 unspecified atom stereocenters. The van der Waals surface area contributed by atoms with Gasteiger partial charge in [0.1, 0.15) is 17.1 Å². The minimum Gasteiger partial charge on any atom is -0.496 e. The van der Waals surface area contributed by atoms with E-state index in [-0.39, 0.29) is 10.7 Å². The Bertz CT molecular complexity index is 1110. The number of amides is 2. The molecule has 0 aromatic heterocycles. The molecular formula is C25H27N3O4S. The van der Waals surface area contributed by atoms with Crippen molar-refractivity contribution in [2.24, 2.45) is 0 Å². The van der Waals surface area contributed by atoms with Crippen LogP contribution >= 0.6 is 12.2 Å². The van der Waals surface area contributed by atoms with Crippen molar-refractivity contribution in [3.63, 3.8) is 0 Å². The van der Waals surface area contributed by atoms with Gasteiger partial charge in [-0.3, -0.25) is 19.8 Å². The topological polar surface area (TPSA) is 71.1 Å². The van der Waals surface area contributed by atoms with E-state index in [2.05, 4.69) is 10.2 Å². The maximum atomic E-state index is 13.4. The largest absolute Gasteiger partial charge is 0.496 e. The second kappa shape index (κ2) is 10.0. The molecule has 8 heteroatoms. The van der Waals surface area contributed by atoms with E-state index >= 15 is 0 Å². The van der Waals surface area contributed by atoms with E-state index < -0.39 is 11.8 Å². The van der Waals surface area contributed by atoms with Crippen LogP contribution in [0.5, 0.6) is 11.5 Å². The van der Waals surface area contributed by atoms with Crippen molar-refractivity contribution in [3.8, 4) is 11.5 Å². The number of nitrogens with zero attached hydrogens (tertiary/aromatic N) is 2. The number of ether oxygens (including phenoxy) is 2.